The normalized spacial score (nSPS) is 15.7. The van der Waals surface area contributed by atoms with Gasteiger partial charge in [0.15, 0.2) is 11.7 Å². The molecule has 1 N–H and O–H groups in total. The summed E-state index contributed by atoms with van der Waals surface area (Å²) in [6.07, 6.45) is 9.78. The van der Waals surface area contributed by atoms with E-state index in [1.807, 2.05) is 12.1 Å². The molecule has 2 rings (SSSR count). The molecule has 1 aromatic carbocycles. The van der Waals surface area contributed by atoms with Crippen LogP contribution in [-0.4, -0.2) is 22.6 Å². The molecule has 0 aromatic heterocycles. The van der Waals surface area contributed by atoms with Gasteiger partial charge in [0.1, 0.15) is 0 Å². The maximum absolute atomic E-state index is 12.6. The highest BCUT2D eigenvalue weighted by Crippen LogP contribution is 2.32. The number of halogens is 1. The molecule has 1 heterocycles. The molecule has 26 heavy (non-hydrogen) atoms. The van der Waals surface area contributed by atoms with Crippen molar-refractivity contribution in [2.45, 2.75) is 58.3 Å². The second-order valence-corrected chi connectivity index (χ2v) is 6.60. The van der Waals surface area contributed by atoms with Crippen molar-refractivity contribution in [3.8, 4) is 0 Å². The van der Waals surface area contributed by atoms with Gasteiger partial charge in [-0.1, -0.05) is 51.2 Å². The van der Waals surface area contributed by atoms with E-state index in [1.165, 1.54) is 19.3 Å². The summed E-state index contributed by atoms with van der Waals surface area (Å²) >= 11 is 0. The number of carboxylic acids is 1. The Labute approximate surface area is 161 Å². The van der Waals surface area contributed by atoms with Gasteiger partial charge in [0.2, 0.25) is 0 Å². The van der Waals surface area contributed by atoms with Gasteiger partial charge in [-0.25, -0.2) is 0 Å². The first kappa shape index (κ1) is 22.1. The number of carbonyl (C=O) groups excluding carboxylic acids is 1. The maximum atomic E-state index is 12.6. The minimum atomic E-state index is -1.13. The van der Waals surface area contributed by atoms with Crippen LogP contribution in [-0.2, 0) is 11.2 Å². The largest absolute Gasteiger partial charge is 0.480 e. The van der Waals surface area contributed by atoms with Crippen molar-refractivity contribution >= 4 is 35.6 Å². The summed E-state index contributed by atoms with van der Waals surface area (Å²) in [4.78, 5) is 28.8. The fourth-order valence-corrected chi connectivity index (χ4v) is 3.24. The monoisotopic (exact) mass is 377 g/mol. The van der Waals surface area contributed by atoms with Crippen LogP contribution < -0.4 is 0 Å². The van der Waals surface area contributed by atoms with E-state index in [9.17, 15) is 14.7 Å². The van der Waals surface area contributed by atoms with Crippen LogP contribution in [0.25, 0.3) is 0 Å². The van der Waals surface area contributed by atoms with Gasteiger partial charge in [-0.2, -0.15) is 0 Å². The van der Waals surface area contributed by atoms with Crippen molar-refractivity contribution in [2.75, 3.05) is 0 Å². The summed E-state index contributed by atoms with van der Waals surface area (Å²) in [5.41, 5.74) is 2.53. The first-order valence-electron chi connectivity index (χ1n) is 9.16. The van der Waals surface area contributed by atoms with Gasteiger partial charge < -0.3 is 5.11 Å². The van der Waals surface area contributed by atoms with Gasteiger partial charge in [-0.05, 0) is 37.0 Å². The van der Waals surface area contributed by atoms with Crippen molar-refractivity contribution in [3.63, 3.8) is 0 Å². The van der Waals surface area contributed by atoms with Crippen LogP contribution in [0.2, 0.25) is 0 Å². The lowest BCUT2D eigenvalue weighted by atomic mass is 9.86. The third kappa shape index (κ3) is 5.53. The molecule has 1 atom stereocenters. The molecule has 1 aliphatic heterocycles. The molecule has 0 amide bonds. The Hall–Kier alpha value is -1.94. The lowest BCUT2D eigenvalue weighted by Crippen LogP contribution is -2.34. The molecule has 0 spiro atoms. The van der Waals surface area contributed by atoms with E-state index in [0.29, 0.717) is 29.8 Å². The second-order valence-electron chi connectivity index (χ2n) is 6.60. The summed E-state index contributed by atoms with van der Waals surface area (Å²) in [7, 11) is 0. The highest BCUT2D eigenvalue weighted by atomic mass is 35.5. The molecule has 0 bridgehead atoms. The van der Waals surface area contributed by atoms with E-state index >= 15 is 0 Å². The highest BCUT2D eigenvalue weighted by molar-refractivity contribution is 6.27. The number of carboxylic acid groups (broad SMARTS) is 1. The van der Waals surface area contributed by atoms with E-state index in [0.717, 1.165) is 24.8 Å². The standard InChI is InChI=1S/C21H27NO3.ClH/c1-3-5-6-7-8-9-11-17-19(21(24)25)20(23)16-13-12-15(10-4-2)14-18(16)22-17;/h4,12-14,19H,2-3,5-11H2,1H3,(H,24,25);1H. The van der Waals surface area contributed by atoms with Gasteiger partial charge in [0, 0.05) is 11.3 Å². The Morgan fingerprint density at radius 2 is 1.92 bits per heavy atom. The average molecular weight is 378 g/mol. The minimum absolute atomic E-state index is 0. The number of nitrogens with zero attached hydrogens (tertiary/aromatic N) is 1. The predicted molar refractivity (Wildman–Crippen MR) is 108 cm³/mol. The number of rotatable bonds is 10. The molecule has 5 heteroatoms. The molecule has 0 radical (unpaired) electrons. The zero-order valence-electron chi connectivity index (χ0n) is 15.4. The van der Waals surface area contributed by atoms with Crippen LogP contribution in [0.1, 0.15) is 67.8 Å². The summed E-state index contributed by atoms with van der Waals surface area (Å²) in [6, 6.07) is 5.40. The Bertz CT molecular complexity index is 682. The molecule has 0 saturated carbocycles. The molecule has 0 saturated heterocycles. The van der Waals surface area contributed by atoms with Crippen LogP contribution in [0.3, 0.4) is 0 Å². The Morgan fingerprint density at radius 1 is 1.23 bits per heavy atom. The van der Waals surface area contributed by atoms with Crippen LogP contribution in [0.15, 0.2) is 35.8 Å². The number of Topliss-reactive ketones (excluding diaryl/α,β-unsaturated/α-hetero) is 1. The third-order valence-corrected chi connectivity index (χ3v) is 4.60. The van der Waals surface area contributed by atoms with E-state index in [1.54, 1.807) is 12.1 Å². The first-order chi connectivity index (χ1) is 12.1. The summed E-state index contributed by atoms with van der Waals surface area (Å²) in [5, 5.41) is 9.50. The molecule has 0 aliphatic carbocycles. The molecule has 1 aromatic rings. The Balaban J connectivity index is 0.00000338. The maximum Gasteiger partial charge on any atom is 0.320 e. The number of allylic oxidation sites excluding steroid dienone is 1. The average Bonchev–Trinajstić information content (AvgIpc) is 2.57. The number of ketones is 1. The van der Waals surface area contributed by atoms with Crippen molar-refractivity contribution < 1.29 is 14.7 Å². The number of unbranched alkanes of at least 4 members (excludes halogenated alkanes) is 5. The number of hydrogen-bond donors (Lipinski definition) is 1. The van der Waals surface area contributed by atoms with Crippen LogP contribution in [0, 0.1) is 5.92 Å². The van der Waals surface area contributed by atoms with Gasteiger partial charge in [0.05, 0.1) is 5.69 Å². The molecular weight excluding hydrogens is 350 g/mol. The van der Waals surface area contributed by atoms with E-state index in [-0.39, 0.29) is 18.2 Å². The molecule has 1 unspecified atom stereocenters. The Kier molecular flexibility index (Phi) is 9.28. The number of aliphatic carboxylic acids is 1. The molecule has 142 valence electrons. The SMILES string of the molecule is C=CCc1ccc2c(c1)N=C(CCCCCCCC)C(C(=O)O)C2=O.Cl. The van der Waals surface area contributed by atoms with E-state index in [4.69, 9.17) is 0 Å². The number of carbonyl (C=O) groups is 2. The van der Waals surface area contributed by atoms with E-state index in [2.05, 4.69) is 18.5 Å². The van der Waals surface area contributed by atoms with Crippen molar-refractivity contribution in [3.05, 3.63) is 42.0 Å². The minimum Gasteiger partial charge on any atom is -0.480 e. The summed E-state index contributed by atoms with van der Waals surface area (Å²) in [5.74, 6) is -2.58. The highest BCUT2D eigenvalue weighted by Gasteiger charge is 2.36. The zero-order valence-corrected chi connectivity index (χ0v) is 16.2. The summed E-state index contributed by atoms with van der Waals surface area (Å²) in [6.45, 7) is 5.90. The van der Waals surface area contributed by atoms with Gasteiger partial charge >= 0.3 is 5.97 Å². The topological polar surface area (TPSA) is 66.7 Å². The third-order valence-electron chi connectivity index (χ3n) is 4.60. The fourth-order valence-electron chi connectivity index (χ4n) is 3.24. The van der Waals surface area contributed by atoms with Gasteiger partial charge in [-0.3, -0.25) is 14.6 Å². The smallest absolute Gasteiger partial charge is 0.320 e. The summed E-state index contributed by atoms with van der Waals surface area (Å²) < 4.78 is 0. The second kappa shape index (κ2) is 10.9. The Morgan fingerprint density at radius 3 is 2.58 bits per heavy atom. The quantitative estimate of drug-likeness (QED) is 0.330. The predicted octanol–water partition coefficient (Wildman–Crippen LogP) is 5.56. The number of aliphatic imine (C=N–C) groups is 1. The number of fused-ring (bicyclic) bond motifs is 1. The van der Waals surface area contributed by atoms with Gasteiger partial charge in [-0.15, -0.1) is 19.0 Å². The zero-order chi connectivity index (χ0) is 18.2. The van der Waals surface area contributed by atoms with Crippen molar-refractivity contribution in [2.24, 2.45) is 10.9 Å². The lowest BCUT2D eigenvalue weighted by Gasteiger charge is -2.21. The van der Waals surface area contributed by atoms with E-state index < -0.39 is 11.9 Å². The van der Waals surface area contributed by atoms with Crippen LogP contribution in [0.4, 0.5) is 5.69 Å². The number of benzene rings is 1. The van der Waals surface area contributed by atoms with Crippen molar-refractivity contribution in [1.29, 1.82) is 0 Å². The van der Waals surface area contributed by atoms with Gasteiger partial charge in [0.25, 0.3) is 0 Å². The molecule has 4 nitrogen and oxygen atoms in total. The molecule has 0 fully saturated rings. The number of hydrogen-bond acceptors (Lipinski definition) is 3. The molecule has 1 aliphatic rings. The van der Waals surface area contributed by atoms with Crippen LogP contribution in [0.5, 0.6) is 0 Å². The first-order valence-corrected chi connectivity index (χ1v) is 9.16. The molecular formula is C21H28ClNO3. The van der Waals surface area contributed by atoms with Crippen LogP contribution >= 0.6 is 12.4 Å². The fraction of sp³-hybridized carbons (Fsp3) is 0.476. The lowest BCUT2D eigenvalue weighted by molar-refractivity contribution is -0.138. The van der Waals surface area contributed by atoms with Crippen molar-refractivity contribution in [1.82, 2.24) is 0 Å².